The van der Waals surface area contributed by atoms with Crippen molar-refractivity contribution in [2.45, 2.75) is 11.6 Å². The summed E-state index contributed by atoms with van der Waals surface area (Å²) in [5.41, 5.74) is -2.03. The van der Waals surface area contributed by atoms with Crippen molar-refractivity contribution in [1.82, 2.24) is 10.2 Å². The molecule has 0 aromatic heterocycles. The highest BCUT2D eigenvalue weighted by atomic mass is 35.5. The fraction of sp³-hybridized carbons (Fsp3) is 0.471. The van der Waals surface area contributed by atoms with E-state index in [9.17, 15) is 23.9 Å². The van der Waals surface area contributed by atoms with Gasteiger partial charge in [-0.3, -0.25) is 19.8 Å². The highest BCUT2D eigenvalue weighted by Crippen LogP contribution is 2.51. The van der Waals surface area contributed by atoms with Gasteiger partial charge in [0, 0.05) is 12.6 Å². The third-order valence-electron chi connectivity index (χ3n) is 5.30. The first kappa shape index (κ1) is 19.5. The number of aliphatic hydroxyl groups excluding tert-OH is 1. The predicted octanol–water partition coefficient (Wildman–Crippen LogP) is 0.267. The standard InChI is InChI=1S/C17H18ClFN2O6/c1-21-14(23)10-11(15(21)24)17(6-22,16(25)27-3)20-13(10)9-7(19)4-5-8(26-2)12(9)18/h4-5,10-11,13,20,22H,6H2,1-3H3/t10-,11-,13-,17-/m1/s1. The topological polar surface area (TPSA) is 105 Å². The summed E-state index contributed by atoms with van der Waals surface area (Å²) in [6, 6.07) is 1.28. The summed E-state index contributed by atoms with van der Waals surface area (Å²) in [5, 5.41) is 12.6. The van der Waals surface area contributed by atoms with Crippen LogP contribution in [0.3, 0.4) is 0 Å². The first-order valence-electron chi connectivity index (χ1n) is 8.05. The summed E-state index contributed by atoms with van der Waals surface area (Å²) in [4.78, 5) is 38.7. The molecule has 0 unspecified atom stereocenters. The highest BCUT2D eigenvalue weighted by molar-refractivity contribution is 6.33. The molecular formula is C17H18ClFN2O6. The van der Waals surface area contributed by atoms with Crippen molar-refractivity contribution in [2.75, 3.05) is 27.9 Å². The van der Waals surface area contributed by atoms with E-state index in [0.717, 1.165) is 18.1 Å². The fourth-order valence-electron chi connectivity index (χ4n) is 3.97. The zero-order valence-corrected chi connectivity index (χ0v) is 15.5. The van der Waals surface area contributed by atoms with Gasteiger partial charge in [0.2, 0.25) is 11.8 Å². The number of nitrogens with zero attached hydrogens (tertiary/aromatic N) is 1. The fourth-order valence-corrected chi connectivity index (χ4v) is 4.31. The maximum atomic E-state index is 14.7. The molecule has 2 saturated heterocycles. The van der Waals surface area contributed by atoms with E-state index < -0.39 is 53.6 Å². The van der Waals surface area contributed by atoms with E-state index in [4.69, 9.17) is 21.1 Å². The first-order chi connectivity index (χ1) is 12.7. The third kappa shape index (κ3) is 2.53. The maximum Gasteiger partial charge on any atom is 0.329 e. The monoisotopic (exact) mass is 400 g/mol. The number of nitrogens with one attached hydrogen (secondary N) is 1. The number of aliphatic hydroxyl groups is 1. The number of likely N-dealkylation sites (tertiary alicyclic amines) is 1. The largest absolute Gasteiger partial charge is 0.495 e. The van der Waals surface area contributed by atoms with Crippen molar-refractivity contribution in [3.05, 3.63) is 28.5 Å². The Morgan fingerprint density at radius 1 is 1.37 bits per heavy atom. The number of rotatable bonds is 4. The van der Waals surface area contributed by atoms with Gasteiger partial charge in [-0.25, -0.2) is 9.18 Å². The zero-order valence-electron chi connectivity index (χ0n) is 14.8. The van der Waals surface area contributed by atoms with E-state index in [2.05, 4.69) is 5.32 Å². The van der Waals surface area contributed by atoms with Crippen LogP contribution in [-0.2, 0) is 19.1 Å². The van der Waals surface area contributed by atoms with Crippen LogP contribution in [-0.4, -0.2) is 61.2 Å². The number of fused-ring (bicyclic) bond motifs is 1. The molecule has 2 heterocycles. The molecule has 4 atom stereocenters. The average Bonchev–Trinajstić information content (AvgIpc) is 3.12. The van der Waals surface area contributed by atoms with Crippen molar-refractivity contribution < 1.29 is 33.4 Å². The van der Waals surface area contributed by atoms with Gasteiger partial charge < -0.3 is 14.6 Å². The van der Waals surface area contributed by atoms with Crippen LogP contribution in [0.5, 0.6) is 5.75 Å². The number of esters is 1. The Labute approximate surface area is 159 Å². The minimum Gasteiger partial charge on any atom is -0.495 e. The minimum atomic E-state index is -1.90. The second kappa shape index (κ2) is 6.74. The number of carbonyl (C=O) groups excluding carboxylic acids is 3. The molecular weight excluding hydrogens is 383 g/mol. The molecule has 2 aliphatic heterocycles. The van der Waals surface area contributed by atoms with E-state index in [0.29, 0.717) is 0 Å². The number of amides is 2. The van der Waals surface area contributed by atoms with Crippen molar-refractivity contribution in [3.8, 4) is 5.75 Å². The van der Waals surface area contributed by atoms with E-state index in [-0.39, 0.29) is 16.3 Å². The van der Waals surface area contributed by atoms with Gasteiger partial charge >= 0.3 is 5.97 Å². The predicted molar refractivity (Wildman–Crippen MR) is 90.4 cm³/mol. The molecule has 146 valence electrons. The lowest BCUT2D eigenvalue weighted by Gasteiger charge is -2.30. The number of hydrogen-bond acceptors (Lipinski definition) is 7. The van der Waals surface area contributed by atoms with Crippen LogP contribution in [0, 0.1) is 17.7 Å². The molecule has 0 saturated carbocycles. The lowest BCUT2D eigenvalue weighted by atomic mass is 9.79. The summed E-state index contributed by atoms with van der Waals surface area (Å²) in [7, 11) is 3.70. The van der Waals surface area contributed by atoms with Gasteiger partial charge in [0.1, 0.15) is 11.6 Å². The quantitative estimate of drug-likeness (QED) is 0.552. The number of halogens is 2. The van der Waals surface area contributed by atoms with E-state index >= 15 is 0 Å². The number of carbonyl (C=O) groups is 3. The van der Waals surface area contributed by atoms with Crippen LogP contribution >= 0.6 is 11.6 Å². The highest BCUT2D eigenvalue weighted by Gasteiger charge is 2.68. The Morgan fingerprint density at radius 2 is 2.04 bits per heavy atom. The minimum absolute atomic E-state index is 0.0952. The van der Waals surface area contributed by atoms with Crippen LogP contribution in [0.4, 0.5) is 4.39 Å². The number of ether oxygens (including phenoxy) is 2. The first-order valence-corrected chi connectivity index (χ1v) is 8.43. The Bertz CT molecular complexity index is 834. The molecule has 1 aromatic carbocycles. The number of imide groups is 1. The molecule has 2 amide bonds. The van der Waals surface area contributed by atoms with E-state index in [1.165, 1.54) is 20.2 Å². The Balaban J connectivity index is 2.23. The summed E-state index contributed by atoms with van der Waals surface area (Å²) in [6.45, 7) is -0.826. The van der Waals surface area contributed by atoms with Gasteiger partial charge in [-0.1, -0.05) is 11.6 Å². The maximum absolute atomic E-state index is 14.7. The number of hydrogen-bond donors (Lipinski definition) is 2. The Hall–Kier alpha value is -2.23. The van der Waals surface area contributed by atoms with Gasteiger partial charge in [0.15, 0.2) is 5.54 Å². The molecule has 10 heteroatoms. The molecule has 0 spiro atoms. The molecule has 2 fully saturated rings. The van der Waals surface area contributed by atoms with E-state index in [1.807, 2.05) is 0 Å². The SMILES string of the molecule is COC(=O)[C@]1(CO)N[C@H](c2c(F)ccc(OC)c2Cl)[C@@H]2C(=O)N(C)C(=O)[C@@H]21. The third-order valence-corrected chi connectivity index (χ3v) is 5.69. The molecule has 0 bridgehead atoms. The van der Waals surface area contributed by atoms with Crippen molar-refractivity contribution in [1.29, 1.82) is 0 Å². The van der Waals surface area contributed by atoms with Crippen LogP contribution in [0.2, 0.25) is 5.02 Å². The van der Waals surface area contributed by atoms with Crippen LogP contribution in [0.25, 0.3) is 0 Å². The van der Waals surface area contributed by atoms with Gasteiger partial charge in [-0.05, 0) is 12.1 Å². The molecule has 0 radical (unpaired) electrons. The van der Waals surface area contributed by atoms with Crippen molar-refractivity contribution in [2.24, 2.45) is 11.8 Å². The Morgan fingerprint density at radius 3 is 2.59 bits per heavy atom. The summed E-state index contributed by atoms with van der Waals surface area (Å²) >= 11 is 6.26. The molecule has 8 nitrogen and oxygen atoms in total. The summed E-state index contributed by atoms with van der Waals surface area (Å²) in [6.07, 6.45) is 0. The Kier molecular flexibility index (Phi) is 4.87. The lowest BCUT2D eigenvalue weighted by Crippen LogP contribution is -2.58. The van der Waals surface area contributed by atoms with Crippen LogP contribution < -0.4 is 10.1 Å². The van der Waals surface area contributed by atoms with Crippen molar-refractivity contribution in [3.63, 3.8) is 0 Å². The molecule has 27 heavy (non-hydrogen) atoms. The molecule has 0 aliphatic carbocycles. The second-order valence-corrected chi connectivity index (χ2v) is 6.84. The summed E-state index contributed by atoms with van der Waals surface area (Å²) < 4.78 is 24.5. The number of methoxy groups -OCH3 is 2. The van der Waals surface area contributed by atoms with Gasteiger partial charge in [-0.15, -0.1) is 0 Å². The molecule has 3 rings (SSSR count). The molecule has 1 aromatic rings. The average molecular weight is 401 g/mol. The lowest BCUT2D eigenvalue weighted by molar-refractivity contribution is -0.156. The van der Waals surface area contributed by atoms with Gasteiger partial charge in [0.05, 0.1) is 43.7 Å². The number of benzene rings is 1. The summed E-state index contributed by atoms with van der Waals surface area (Å²) in [5.74, 6) is -5.20. The zero-order chi connectivity index (χ0) is 20.1. The normalized spacial score (nSPS) is 29.9. The van der Waals surface area contributed by atoms with Crippen LogP contribution in [0.1, 0.15) is 11.6 Å². The van der Waals surface area contributed by atoms with E-state index in [1.54, 1.807) is 0 Å². The smallest absolute Gasteiger partial charge is 0.329 e. The van der Waals surface area contributed by atoms with Crippen LogP contribution in [0.15, 0.2) is 12.1 Å². The molecule has 2 aliphatic rings. The van der Waals surface area contributed by atoms with Gasteiger partial charge in [0.25, 0.3) is 0 Å². The molecule has 2 N–H and O–H groups in total. The van der Waals surface area contributed by atoms with Gasteiger partial charge in [-0.2, -0.15) is 0 Å². The second-order valence-electron chi connectivity index (χ2n) is 6.46. The van der Waals surface area contributed by atoms with Crippen molar-refractivity contribution >= 4 is 29.4 Å².